The maximum atomic E-state index is 12.7. The number of aromatic nitrogens is 2. The molecule has 0 aliphatic rings. The van der Waals surface area contributed by atoms with E-state index >= 15 is 0 Å². The monoisotopic (exact) mass is 303 g/mol. The van der Waals surface area contributed by atoms with Crippen LogP contribution in [0.2, 0.25) is 0 Å². The molecule has 2 aromatic rings. The number of benzene rings is 1. The van der Waals surface area contributed by atoms with Crippen LogP contribution < -0.4 is 9.47 Å². The zero-order valence-electron chi connectivity index (χ0n) is 13.4. The highest BCUT2D eigenvalue weighted by atomic mass is 16.5. The first-order valence-electron chi connectivity index (χ1n) is 7.09. The SMILES string of the molecule is CCn1ccc(CN(C)C(=O)c2c(OC)cccc2OC)n1. The van der Waals surface area contributed by atoms with Gasteiger partial charge in [0.1, 0.15) is 17.1 Å². The summed E-state index contributed by atoms with van der Waals surface area (Å²) in [6.07, 6.45) is 1.90. The molecule has 0 aliphatic carbocycles. The van der Waals surface area contributed by atoms with Gasteiger partial charge >= 0.3 is 0 Å². The van der Waals surface area contributed by atoms with Crippen molar-refractivity contribution < 1.29 is 14.3 Å². The number of amides is 1. The molecule has 0 saturated carbocycles. The highest BCUT2D eigenvalue weighted by Crippen LogP contribution is 2.29. The second-order valence-electron chi connectivity index (χ2n) is 4.86. The molecular formula is C16H21N3O3. The largest absolute Gasteiger partial charge is 0.496 e. The summed E-state index contributed by atoms with van der Waals surface area (Å²) in [6, 6.07) is 7.19. The van der Waals surface area contributed by atoms with Crippen LogP contribution in [0.5, 0.6) is 11.5 Å². The number of methoxy groups -OCH3 is 2. The summed E-state index contributed by atoms with van der Waals surface area (Å²) >= 11 is 0. The predicted octanol–water partition coefficient (Wildman–Crippen LogP) is 2.19. The van der Waals surface area contributed by atoms with Gasteiger partial charge in [-0.2, -0.15) is 5.10 Å². The lowest BCUT2D eigenvalue weighted by molar-refractivity contribution is 0.0776. The molecule has 6 heteroatoms. The van der Waals surface area contributed by atoms with E-state index in [0.717, 1.165) is 12.2 Å². The van der Waals surface area contributed by atoms with Crippen molar-refractivity contribution in [2.24, 2.45) is 0 Å². The number of rotatable bonds is 6. The average molecular weight is 303 g/mol. The van der Waals surface area contributed by atoms with Gasteiger partial charge in [0.05, 0.1) is 26.5 Å². The van der Waals surface area contributed by atoms with E-state index in [9.17, 15) is 4.79 Å². The van der Waals surface area contributed by atoms with Crippen molar-refractivity contribution in [3.63, 3.8) is 0 Å². The lowest BCUT2D eigenvalue weighted by Gasteiger charge is -2.19. The predicted molar refractivity (Wildman–Crippen MR) is 83.2 cm³/mol. The molecule has 0 bridgehead atoms. The van der Waals surface area contributed by atoms with Crippen LogP contribution in [0.15, 0.2) is 30.5 Å². The Hall–Kier alpha value is -2.50. The van der Waals surface area contributed by atoms with E-state index in [1.807, 2.05) is 23.9 Å². The topological polar surface area (TPSA) is 56.6 Å². The van der Waals surface area contributed by atoms with Gasteiger partial charge in [-0.25, -0.2) is 0 Å². The third-order valence-electron chi connectivity index (χ3n) is 3.41. The Balaban J connectivity index is 2.23. The van der Waals surface area contributed by atoms with Gasteiger partial charge in [0.2, 0.25) is 0 Å². The van der Waals surface area contributed by atoms with E-state index in [2.05, 4.69) is 5.10 Å². The van der Waals surface area contributed by atoms with E-state index in [1.54, 1.807) is 30.1 Å². The fourth-order valence-corrected chi connectivity index (χ4v) is 2.23. The molecule has 1 aromatic heterocycles. The van der Waals surface area contributed by atoms with Crippen LogP contribution in [-0.2, 0) is 13.1 Å². The van der Waals surface area contributed by atoms with E-state index in [0.29, 0.717) is 23.6 Å². The average Bonchev–Trinajstić information content (AvgIpc) is 3.00. The Kier molecular flexibility index (Phi) is 5.04. The maximum absolute atomic E-state index is 12.7. The molecule has 22 heavy (non-hydrogen) atoms. The number of hydrogen-bond acceptors (Lipinski definition) is 4. The van der Waals surface area contributed by atoms with Crippen molar-refractivity contribution in [2.75, 3.05) is 21.3 Å². The first kappa shape index (κ1) is 15.9. The molecule has 1 heterocycles. The fraction of sp³-hybridized carbons (Fsp3) is 0.375. The number of nitrogens with zero attached hydrogens (tertiary/aromatic N) is 3. The summed E-state index contributed by atoms with van der Waals surface area (Å²) in [7, 11) is 4.81. The number of aryl methyl sites for hydroxylation is 1. The molecule has 0 radical (unpaired) electrons. The maximum Gasteiger partial charge on any atom is 0.261 e. The van der Waals surface area contributed by atoms with Gasteiger partial charge in [0, 0.05) is 19.8 Å². The summed E-state index contributed by atoms with van der Waals surface area (Å²) in [5, 5.41) is 4.39. The van der Waals surface area contributed by atoms with Crippen LogP contribution in [-0.4, -0.2) is 41.9 Å². The van der Waals surface area contributed by atoms with Gasteiger partial charge in [-0.3, -0.25) is 9.48 Å². The van der Waals surface area contributed by atoms with Crippen LogP contribution in [0.25, 0.3) is 0 Å². The Morgan fingerprint density at radius 3 is 2.36 bits per heavy atom. The molecule has 0 spiro atoms. The van der Waals surface area contributed by atoms with E-state index in [4.69, 9.17) is 9.47 Å². The summed E-state index contributed by atoms with van der Waals surface area (Å²) < 4.78 is 12.4. The minimum absolute atomic E-state index is 0.166. The molecule has 0 atom stereocenters. The molecule has 1 aromatic carbocycles. The minimum atomic E-state index is -0.166. The van der Waals surface area contributed by atoms with Crippen molar-refractivity contribution >= 4 is 5.91 Å². The molecular weight excluding hydrogens is 282 g/mol. The molecule has 0 aliphatic heterocycles. The van der Waals surface area contributed by atoms with Crippen molar-refractivity contribution in [1.29, 1.82) is 0 Å². The quantitative estimate of drug-likeness (QED) is 0.821. The molecule has 0 saturated heterocycles. The van der Waals surface area contributed by atoms with Gasteiger partial charge in [0.15, 0.2) is 0 Å². The van der Waals surface area contributed by atoms with E-state index in [1.165, 1.54) is 14.2 Å². The number of carbonyl (C=O) groups is 1. The summed E-state index contributed by atoms with van der Waals surface area (Å²) in [5.74, 6) is 0.825. The number of ether oxygens (including phenoxy) is 2. The third kappa shape index (κ3) is 3.21. The Labute approximate surface area is 130 Å². The summed E-state index contributed by atoms with van der Waals surface area (Å²) in [5.41, 5.74) is 1.26. The highest BCUT2D eigenvalue weighted by Gasteiger charge is 2.22. The highest BCUT2D eigenvalue weighted by molar-refractivity contribution is 5.99. The molecule has 0 N–H and O–H groups in total. The number of hydrogen-bond donors (Lipinski definition) is 0. The van der Waals surface area contributed by atoms with Crippen molar-refractivity contribution in [3.05, 3.63) is 41.7 Å². The Morgan fingerprint density at radius 2 is 1.86 bits per heavy atom. The Morgan fingerprint density at radius 1 is 1.23 bits per heavy atom. The molecule has 6 nitrogen and oxygen atoms in total. The first-order valence-corrected chi connectivity index (χ1v) is 7.09. The summed E-state index contributed by atoms with van der Waals surface area (Å²) in [4.78, 5) is 14.3. The fourth-order valence-electron chi connectivity index (χ4n) is 2.23. The van der Waals surface area contributed by atoms with Gasteiger partial charge in [0.25, 0.3) is 5.91 Å². The van der Waals surface area contributed by atoms with Crippen molar-refractivity contribution in [2.45, 2.75) is 20.0 Å². The van der Waals surface area contributed by atoms with Crippen LogP contribution >= 0.6 is 0 Å². The third-order valence-corrected chi connectivity index (χ3v) is 3.41. The summed E-state index contributed by atoms with van der Waals surface area (Å²) in [6.45, 7) is 3.25. The standard InChI is InChI=1S/C16H21N3O3/c1-5-19-10-9-12(17-19)11-18(2)16(20)15-13(21-3)7-6-8-14(15)22-4/h6-10H,5,11H2,1-4H3. The van der Waals surface area contributed by atoms with Crippen LogP contribution in [0.1, 0.15) is 23.0 Å². The zero-order chi connectivity index (χ0) is 16.1. The van der Waals surface area contributed by atoms with E-state index in [-0.39, 0.29) is 5.91 Å². The van der Waals surface area contributed by atoms with Gasteiger partial charge in [-0.15, -0.1) is 0 Å². The molecule has 0 unspecified atom stereocenters. The van der Waals surface area contributed by atoms with Crippen LogP contribution in [0, 0.1) is 0 Å². The van der Waals surface area contributed by atoms with Crippen molar-refractivity contribution in [3.8, 4) is 11.5 Å². The minimum Gasteiger partial charge on any atom is -0.496 e. The molecule has 2 rings (SSSR count). The normalized spacial score (nSPS) is 10.4. The Bertz CT molecular complexity index is 630. The lowest BCUT2D eigenvalue weighted by Crippen LogP contribution is -2.27. The van der Waals surface area contributed by atoms with Gasteiger partial charge < -0.3 is 14.4 Å². The van der Waals surface area contributed by atoms with Gasteiger partial charge in [-0.05, 0) is 25.1 Å². The van der Waals surface area contributed by atoms with Gasteiger partial charge in [-0.1, -0.05) is 6.07 Å². The van der Waals surface area contributed by atoms with E-state index < -0.39 is 0 Å². The molecule has 0 fully saturated rings. The zero-order valence-corrected chi connectivity index (χ0v) is 13.4. The second kappa shape index (κ2) is 6.98. The second-order valence-corrected chi connectivity index (χ2v) is 4.86. The number of carbonyl (C=O) groups excluding carboxylic acids is 1. The molecule has 1 amide bonds. The first-order chi connectivity index (χ1) is 10.6. The van der Waals surface area contributed by atoms with Crippen LogP contribution in [0.4, 0.5) is 0 Å². The van der Waals surface area contributed by atoms with Crippen molar-refractivity contribution in [1.82, 2.24) is 14.7 Å². The smallest absolute Gasteiger partial charge is 0.261 e. The molecule has 118 valence electrons. The lowest BCUT2D eigenvalue weighted by atomic mass is 10.1. The van der Waals surface area contributed by atoms with Crippen LogP contribution in [0.3, 0.4) is 0 Å².